The molecule has 0 atom stereocenters. The maximum Gasteiger partial charge on any atom is 0.335 e. The topological polar surface area (TPSA) is 111 Å². The zero-order chi connectivity index (χ0) is 23.6. The Bertz CT molecular complexity index is 1390. The second-order valence-corrected chi connectivity index (χ2v) is 9.01. The molecule has 33 heavy (non-hydrogen) atoms. The van der Waals surface area contributed by atoms with E-state index in [1.165, 1.54) is 28.9 Å². The Morgan fingerprint density at radius 1 is 0.970 bits per heavy atom. The van der Waals surface area contributed by atoms with Gasteiger partial charge in [-0.25, -0.2) is 17.9 Å². The highest BCUT2D eigenvalue weighted by atomic mass is 32.2. The quantitative estimate of drug-likeness (QED) is 0.421. The van der Waals surface area contributed by atoms with E-state index in [2.05, 4.69) is 9.82 Å². The summed E-state index contributed by atoms with van der Waals surface area (Å²) < 4.78 is 35.3. The predicted octanol–water partition coefficient (Wildman–Crippen LogP) is 4.36. The molecule has 4 aromatic rings. The van der Waals surface area contributed by atoms with Crippen molar-refractivity contribution < 1.29 is 23.1 Å². The molecule has 0 unspecified atom stereocenters. The number of nitrogens with one attached hydrogen (secondary N) is 1. The summed E-state index contributed by atoms with van der Waals surface area (Å²) in [6.07, 6.45) is 0. The van der Waals surface area contributed by atoms with Gasteiger partial charge in [0.2, 0.25) is 0 Å². The first kappa shape index (κ1) is 22.1. The number of aromatic nitrogens is 2. The van der Waals surface area contributed by atoms with E-state index in [1.54, 1.807) is 61.7 Å². The SMILES string of the molecule is COc1ccc(-n2nc(-c3ccc(C(=O)O)cc3)cc2NS(=O)(=O)c2ccc(C)cc2)cc1. The van der Waals surface area contributed by atoms with Crippen LogP contribution in [0, 0.1) is 6.92 Å². The van der Waals surface area contributed by atoms with Gasteiger partial charge in [0.15, 0.2) is 0 Å². The second-order valence-electron chi connectivity index (χ2n) is 7.33. The van der Waals surface area contributed by atoms with Crippen LogP contribution in [-0.4, -0.2) is 36.4 Å². The maximum absolute atomic E-state index is 13.0. The van der Waals surface area contributed by atoms with Crippen LogP contribution < -0.4 is 9.46 Å². The highest BCUT2D eigenvalue weighted by molar-refractivity contribution is 7.92. The number of anilines is 1. The summed E-state index contributed by atoms with van der Waals surface area (Å²) in [5, 5.41) is 13.7. The Morgan fingerprint density at radius 2 is 1.61 bits per heavy atom. The van der Waals surface area contributed by atoms with E-state index in [-0.39, 0.29) is 16.3 Å². The largest absolute Gasteiger partial charge is 0.497 e. The summed E-state index contributed by atoms with van der Waals surface area (Å²) in [5.74, 6) is -0.146. The van der Waals surface area contributed by atoms with Crippen LogP contribution in [0.1, 0.15) is 15.9 Å². The molecule has 0 spiro atoms. The van der Waals surface area contributed by atoms with Gasteiger partial charge in [0, 0.05) is 11.6 Å². The molecule has 0 aliphatic heterocycles. The van der Waals surface area contributed by atoms with E-state index in [0.29, 0.717) is 22.7 Å². The number of ether oxygens (including phenoxy) is 1. The van der Waals surface area contributed by atoms with Crippen LogP contribution in [0.15, 0.2) is 83.8 Å². The van der Waals surface area contributed by atoms with Crippen molar-refractivity contribution in [3.05, 3.63) is 90.0 Å². The van der Waals surface area contributed by atoms with Crippen LogP contribution in [0.25, 0.3) is 16.9 Å². The molecule has 1 heterocycles. The first-order valence-electron chi connectivity index (χ1n) is 9.94. The Balaban J connectivity index is 1.78. The van der Waals surface area contributed by atoms with E-state index >= 15 is 0 Å². The highest BCUT2D eigenvalue weighted by Gasteiger charge is 2.19. The van der Waals surface area contributed by atoms with E-state index in [0.717, 1.165) is 5.56 Å². The van der Waals surface area contributed by atoms with Gasteiger partial charge >= 0.3 is 5.97 Å². The number of sulfonamides is 1. The molecular weight excluding hydrogens is 442 g/mol. The lowest BCUT2D eigenvalue weighted by atomic mass is 10.1. The summed E-state index contributed by atoms with van der Waals surface area (Å²) >= 11 is 0. The summed E-state index contributed by atoms with van der Waals surface area (Å²) in [7, 11) is -2.31. The molecule has 8 nitrogen and oxygen atoms in total. The number of carboxylic acid groups (broad SMARTS) is 1. The minimum absolute atomic E-state index is 0.128. The molecule has 3 aromatic carbocycles. The molecule has 1 aromatic heterocycles. The van der Waals surface area contributed by atoms with Gasteiger partial charge in [0.1, 0.15) is 11.6 Å². The third-order valence-electron chi connectivity index (χ3n) is 5.02. The van der Waals surface area contributed by atoms with Gasteiger partial charge in [-0.15, -0.1) is 0 Å². The Morgan fingerprint density at radius 3 is 2.18 bits per heavy atom. The Hall–Kier alpha value is -4.11. The number of aromatic carboxylic acids is 1. The van der Waals surface area contributed by atoms with E-state index in [4.69, 9.17) is 9.84 Å². The molecule has 0 fully saturated rings. The third kappa shape index (κ3) is 4.73. The Labute approximate surface area is 191 Å². The van der Waals surface area contributed by atoms with Crippen molar-refractivity contribution in [1.82, 2.24) is 9.78 Å². The normalized spacial score (nSPS) is 11.2. The number of nitrogens with zero attached hydrogens (tertiary/aromatic N) is 2. The first-order chi connectivity index (χ1) is 15.8. The summed E-state index contributed by atoms with van der Waals surface area (Å²) in [5.41, 5.74) is 2.83. The molecule has 168 valence electrons. The molecule has 0 aliphatic carbocycles. The van der Waals surface area contributed by atoms with Crippen LogP contribution in [0.2, 0.25) is 0 Å². The molecule has 0 saturated carbocycles. The molecule has 0 bridgehead atoms. The van der Waals surface area contributed by atoms with Gasteiger partial charge < -0.3 is 9.84 Å². The lowest BCUT2D eigenvalue weighted by Crippen LogP contribution is -2.15. The van der Waals surface area contributed by atoms with Crippen molar-refractivity contribution in [3.8, 4) is 22.7 Å². The number of rotatable bonds is 7. The fraction of sp³-hybridized carbons (Fsp3) is 0.0833. The number of aryl methyl sites for hydroxylation is 1. The molecular formula is C24H21N3O5S. The van der Waals surface area contributed by atoms with Crippen LogP contribution in [0.3, 0.4) is 0 Å². The van der Waals surface area contributed by atoms with Crippen molar-refractivity contribution in [2.75, 3.05) is 11.8 Å². The van der Waals surface area contributed by atoms with Crippen molar-refractivity contribution >= 4 is 21.8 Å². The van der Waals surface area contributed by atoms with Crippen LogP contribution in [0.4, 0.5) is 5.82 Å². The maximum atomic E-state index is 13.0. The number of carboxylic acids is 1. The van der Waals surface area contributed by atoms with E-state index in [9.17, 15) is 13.2 Å². The van der Waals surface area contributed by atoms with Gasteiger partial charge in [-0.2, -0.15) is 5.10 Å². The summed E-state index contributed by atoms with van der Waals surface area (Å²) in [6, 6.07) is 21.3. The standard InChI is InChI=1S/C24H21N3O5S/c1-16-3-13-21(14-4-16)33(30,31)26-23-15-22(17-5-7-18(8-6-17)24(28)29)25-27(23)19-9-11-20(32-2)12-10-19/h3-15,26H,1-2H3,(H,28,29). The fourth-order valence-corrected chi connectivity index (χ4v) is 4.25. The van der Waals surface area contributed by atoms with Crippen molar-refractivity contribution in [2.45, 2.75) is 11.8 Å². The monoisotopic (exact) mass is 463 g/mol. The summed E-state index contributed by atoms with van der Waals surface area (Å²) in [4.78, 5) is 11.3. The van der Waals surface area contributed by atoms with Gasteiger partial charge in [-0.1, -0.05) is 29.8 Å². The van der Waals surface area contributed by atoms with Gasteiger partial charge in [-0.05, 0) is 55.5 Å². The number of hydrogen-bond acceptors (Lipinski definition) is 5. The molecule has 2 N–H and O–H groups in total. The molecule has 4 rings (SSSR count). The number of methoxy groups -OCH3 is 1. The average Bonchev–Trinajstić information content (AvgIpc) is 3.22. The zero-order valence-corrected chi connectivity index (χ0v) is 18.7. The van der Waals surface area contributed by atoms with E-state index in [1.807, 2.05) is 6.92 Å². The first-order valence-corrected chi connectivity index (χ1v) is 11.4. The van der Waals surface area contributed by atoms with Crippen molar-refractivity contribution in [3.63, 3.8) is 0 Å². The third-order valence-corrected chi connectivity index (χ3v) is 6.39. The van der Waals surface area contributed by atoms with Gasteiger partial charge in [0.25, 0.3) is 10.0 Å². The minimum atomic E-state index is -3.87. The van der Waals surface area contributed by atoms with Crippen molar-refractivity contribution in [2.24, 2.45) is 0 Å². The lowest BCUT2D eigenvalue weighted by Gasteiger charge is -2.11. The van der Waals surface area contributed by atoms with Gasteiger partial charge in [-0.3, -0.25) is 4.72 Å². The van der Waals surface area contributed by atoms with Crippen LogP contribution in [-0.2, 0) is 10.0 Å². The number of hydrogen-bond donors (Lipinski definition) is 2. The molecule has 0 radical (unpaired) electrons. The Kier molecular flexibility index (Phi) is 5.89. The van der Waals surface area contributed by atoms with Crippen LogP contribution in [0.5, 0.6) is 5.75 Å². The number of carbonyl (C=O) groups is 1. The zero-order valence-electron chi connectivity index (χ0n) is 17.9. The molecule has 0 aliphatic rings. The molecule has 0 amide bonds. The second kappa shape index (κ2) is 8.79. The number of benzene rings is 3. The smallest absolute Gasteiger partial charge is 0.335 e. The van der Waals surface area contributed by atoms with Crippen molar-refractivity contribution in [1.29, 1.82) is 0 Å². The minimum Gasteiger partial charge on any atom is -0.497 e. The van der Waals surface area contributed by atoms with E-state index < -0.39 is 16.0 Å². The molecule has 0 saturated heterocycles. The average molecular weight is 464 g/mol. The highest BCUT2D eigenvalue weighted by Crippen LogP contribution is 2.28. The van der Waals surface area contributed by atoms with Gasteiger partial charge in [0.05, 0.1) is 29.0 Å². The predicted molar refractivity (Wildman–Crippen MR) is 124 cm³/mol. The molecule has 9 heteroatoms. The fourth-order valence-electron chi connectivity index (χ4n) is 3.21. The summed E-state index contributed by atoms with van der Waals surface area (Å²) in [6.45, 7) is 1.88. The van der Waals surface area contributed by atoms with Crippen LogP contribution >= 0.6 is 0 Å². The lowest BCUT2D eigenvalue weighted by molar-refractivity contribution is 0.0697.